The number of pyridine rings is 1. The molecule has 9 nitrogen and oxygen atoms in total. The number of halogens is 2. The molecule has 2 aliphatic heterocycles. The Morgan fingerprint density at radius 3 is 2.38 bits per heavy atom. The van der Waals surface area contributed by atoms with Gasteiger partial charge in [0.15, 0.2) is 17.2 Å². The molecule has 0 bridgehead atoms. The van der Waals surface area contributed by atoms with E-state index in [0.29, 0.717) is 53.7 Å². The van der Waals surface area contributed by atoms with Crippen molar-refractivity contribution >= 4 is 35.2 Å². The smallest absolute Gasteiger partial charge is 0.246 e. The second kappa shape index (κ2) is 17.1. The van der Waals surface area contributed by atoms with Crippen LogP contribution in [0.25, 0.3) is 6.08 Å². The fourth-order valence-electron chi connectivity index (χ4n) is 6.10. The minimum atomic E-state index is -0.0212. The number of ether oxygens (including phenoxy) is 5. The summed E-state index contributed by atoms with van der Waals surface area (Å²) in [5.74, 6) is 3.70. The van der Waals surface area contributed by atoms with Crippen molar-refractivity contribution in [1.82, 2.24) is 14.8 Å². The number of hydrogen-bond acceptors (Lipinski definition) is 8. The van der Waals surface area contributed by atoms with Crippen LogP contribution in [0.5, 0.6) is 34.6 Å². The van der Waals surface area contributed by atoms with Crippen molar-refractivity contribution in [2.75, 3.05) is 39.6 Å². The molecule has 53 heavy (non-hydrogen) atoms. The molecular weight excluding hydrogens is 713 g/mol. The Bertz CT molecular complexity index is 2040. The molecule has 7 rings (SSSR count). The molecule has 272 valence electrons. The highest BCUT2D eigenvalue weighted by atomic mass is 35.5. The Balaban J connectivity index is 0.838. The molecule has 0 aliphatic carbocycles. The highest BCUT2D eigenvalue weighted by Crippen LogP contribution is 2.36. The van der Waals surface area contributed by atoms with Crippen LogP contribution >= 0.6 is 23.2 Å². The summed E-state index contributed by atoms with van der Waals surface area (Å²) in [6, 6.07) is 29.1. The first-order chi connectivity index (χ1) is 25.9. The zero-order valence-corrected chi connectivity index (χ0v) is 30.8. The Labute approximate surface area is 319 Å². The van der Waals surface area contributed by atoms with Gasteiger partial charge in [-0.05, 0) is 71.7 Å². The van der Waals surface area contributed by atoms with Crippen LogP contribution in [-0.2, 0) is 24.4 Å². The van der Waals surface area contributed by atoms with E-state index in [1.807, 2.05) is 60.4 Å². The van der Waals surface area contributed by atoms with Gasteiger partial charge in [0.1, 0.15) is 18.1 Å². The topological polar surface area (TPSA) is 82.6 Å². The van der Waals surface area contributed by atoms with Crippen LogP contribution in [-0.4, -0.2) is 60.3 Å². The lowest BCUT2D eigenvalue weighted by Gasteiger charge is -2.34. The summed E-state index contributed by atoms with van der Waals surface area (Å²) in [5, 5.41) is 1.08. The molecule has 2 aliphatic rings. The fourth-order valence-corrected chi connectivity index (χ4v) is 6.60. The summed E-state index contributed by atoms with van der Waals surface area (Å²) in [4.78, 5) is 21.7. The number of nitrogens with zero attached hydrogens (tertiary/aromatic N) is 3. The van der Waals surface area contributed by atoms with Gasteiger partial charge in [0, 0.05) is 67.9 Å². The molecule has 1 fully saturated rings. The van der Waals surface area contributed by atoms with Crippen LogP contribution in [0.15, 0.2) is 103 Å². The molecule has 0 saturated carbocycles. The van der Waals surface area contributed by atoms with Crippen LogP contribution in [0, 0.1) is 6.92 Å². The number of aryl methyl sites for hydroxylation is 1. The van der Waals surface area contributed by atoms with Crippen molar-refractivity contribution in [2.45, 2.75) is 26.5 Å². The van der Waals surface area contributed by atoms with E-state index in [9.17, 15) is 4.79 Å². The molecular formula is C42H39Cl2N3O6. The molecule has 1 amide bonds. The molecule has 3 heterocycles. The van der Waals surface area contributed by atoms with Gasteiger partial charge >= 0.3 is 0 Å². The Hall–Kier alpha value is -5.22. The van der Waals surface area contributed by atoms with E-state index in [1.165, 1.54) is 11.1 Å². The SMILES string of the molecule is Cc1cc(/C=C/C(=O)N2CCN(Cc3ccc(CCOc4ccc5c(c4)OCO5)cc3)CC2)cc(Cl)c1Oc1ccc(OCc2ccccc2Cl)cn1. The number of piperazine rings is 1. The van der Waals surface area contributed by atoms with E-state index in [1.54, 1.807) is 36.5 Å². The van der Waals surface area contributed by atoms with Crippen molar-refractivity contribution in [3.8, 4) is 34.6 Å². The van der Waals surface area contributed by atoms with Crippen molar-refractivity contribution in [1.29, 1.82) is 0 Å². The lowest BCUT2D eigenvalue weighted by Crippen LogP contribution is -2.47. The number of carbonyl (C=O) groups excluding carboxylic acids is 1. The second-order valence-electron chi connectivity index (χ2n) is 12.8. The van der Waals surface area contributed by atoms with E-state index < -0.39 is 0 Å². The van der Waals surface area contributed by atoms with Gasteiger partial charge in [-0.25, -0.2) is 4.98 Å². The number of hydrogen-bond donors (Lipinski definition) is 0. The maximum Gasteiger partial charge on any atom is 0.246 e. The van der Waals surface area contributed by atoms with Gasteiger partial charge in [-0.1, -0.05) is 65.7 Å². The molecule has 0 unspecified atom stereocenters. The average molecular weight is 753 g/mol. The largest absolute Gasteiger partial charge is 0.493 e. The molecule has 0 radical (unpaired) electrons. The van der Waals surface area contributed by atoms with Gasteiger partial charge in [-0.2, -0.15) is 0 Å². The van der Waals surface area contributed by atoms with Gasteiger partial charge in [-0.15, -0.1) is 0 Å². The first-order valence-corrected chi connectivity index (χ1v) is 18.2. The number of aromatic nitrogens is 1. The summed E-state index contributed by atoms with van der Waals surface area (Å²) in [7, 11) is 0. The molecule has 11 heteroatoms. The molecule has 1 aromatic heterocycles. The Morgan fingerprint density at radius 2 is 1.60 bits per heavy atom. The van der Waals surface area contributed by atoms with E-state index in [4.69, 9.17) is 46.9 Å². The third-order valence-electron chi connectivity index (χ3n) is 9.05. The van der Waals surface area contributed by atoms with Gasteiger partial charge < -0.3 is 28.6 Å². The van der Waals surface area contributed by atoms with E-state index in [-0.39, 0.29) is 12.7 Å². The van der Waals surface area contributed by atoms with Crippen LogP contribution < -0.4 is 23.7 Å². The number of fused-ring (bicyclic) bond motifs is 1. The number of benzene rings is 4. The predicted octanol–water partition coefficient (Wildman–Crippen LogP) is 8.78. The molecule has 0 atom stereocenters. The Kier molecular flexibility index (Phi) is 11.6. The fraction of sp³-hybridized carbons (Fsp3) is 0.238. The van der Waals surface area contributed by atoms with Gasteiger partial charge in [0.25, 0.3) is 0 Å². The molecule has 4 aromatic carbocycles. The summed E-state index contributed by atoms with van der Waals surface area (Å²) in [5.41, 5.74) is 4.99. The average Bonchev–Trinajstić information content (AvgIpc) is 3.65. The third kappa shape index (κ3) is 9.61. The molecule has 1 saturated heterocycles. The zero-order valence-electron chi connectivity index (χ0n) is 29.3. The third-order valence-corrected chi connectivity index (χ3v) is 9.70. The van der Waals surface area contributed by atoms with Gasteiger partial charge in [-0.3, -0.25) is 9.69 Å². The van der Waals surface area contributed by atoms with Crippen molar-refractivity contribution in [2.24, 2.45) is 0 Å². The maximum absolute atomic E-state index is 13.1. The van der Waals surface area contributed by atoms with E-state index in [0.717, 1.165) is 60.0 Å². The zero-order chi connectivity index (χ0) is 36.6. The lowest BCUT2D eigenvalue weighted by atomic mass is 10.1. The standard InChI is InChI=1S/C42H39Cl2N3O6/c1-29-22-32(23-37(44)42(29)53-40-14-12-35(25-45-40)50-27-33-4-2-3-5-36(33)43)10-15-41(48)47-19-17-46(18-20-47)26-31-8-6-30(7-9-31)16-21-49-34-11-13-38-39(24-34)52-28-51-38/h2-15,22-25H,16-21,26-28H2,1H3/b15-10+. The number of amides is 1. The summed E-state index contributed by atoms with van der Waals surface area (Å²) < 4.78 is 28.5. The highest BCUT2D eigenvalue weighted by Gasteiger charge is 2.20. The van der Waals surface area contributed by atoms with Crippen LogP contribution in [0.4, 0.5) is 0 Å². The predicted molar refractivity (Wildman–Crippen MR) is 205 cm³/mol. The molecule has 0 spiro atoms. The minimum absolute atomic E-state index is 0.0212. The monoisotopic (exact) mass is 751 g/mol. The van der Waals surface area contributed by atoms with Crippen LogP contribution in [0.1, 0.15) is 27.8 Å². The van der Waals surface area contributed by atoms with Gasteiger partial charge in [0.05, 0.1) is 17.8 Å². The Morgan fingerprint density at radius 1 is 0.830 bits per heavy atom. The normalized spacial score (nSPS) is 14.1. The quantitative estimate of drug-likeness (QED) is 0.111. The highest BCUT2D eigenvalue weighted by molar-refractivity contribution is 6.32. The van der Waals surface area contributed by atoms with Crippen LogP contribution in [0.3, 0.4) is 0 Å². The number of rotatable bonds is 13. The minimum Gasteiger partial charge on any atom is -0.493 e. The molecule has 0 N–H and O–H groups in total. The van der Waals surface area contributed by atoms with E-state index in [2.05, 4.69) is 34.1 Å². The van der Waals surface area contributed by atoms with Crippen molar-refractivity contribution in [3.63, 3.8) is 0 Å². The first kappa shape index (κ1) is 36.2. The summed E-state index contributed by atoms with van der Waals surface area (Å²) in [6.45, 7) is 6.87. The summed E-state index contributed by atoms with van der Waals surface area (Å²) in [6.07, 6.45) is 5.81. The second-order valence-corrected chi connectivity index (χ2v) is 13.6. The maximum atomic E-state index is 13.1. The lowest BCUT2D eigenvalue weighted by molar-refractivity contribution is -0.127. The molecule has 5 aromatic rings. The summed E-state index contributed by atoms with van der Waals surface area (Å²) >= 11 is 12.8. The van der Waals surface area contributed by atoms with Crippen molar-refractivity contribution < 1.29 is 28.5 Å². The van der Waals surface area contributed by atoms with Gasteiger partial charge in [0.2, 0.25) is 18.6 Å². The van der Waals surface area contributed by atoms with Crippen LogP contribution in [0.2, 0.25) is 10.0 Å². The number of carbonyl (C=O) groups is 1. The van der Waals surface area contributed by atoms with E-state index >= 15 is 0 Å². The first-order valence-electron chi connectivity index (χ1n) is 17.5. The van der Waals surface area contributed by atoms with Crippen molar-refractivity contribution in [3.05, 3.63) is 141 Å².